The third-order valence-corrected chi connectivity index (χ3v) is 4.74. The molecule has 2 aromatic rings. The molecule has 1 aromatic heterocycles. The highest BCUT2D eigenvalue weighted by molar-refractivity contribution is 7.98. The molecule has 0 radical (unpaired) electrons. The SMILES string of the molecule is CSc1ncccc1C(=O)N[C@H]1CC(=O)N(c2cccc(Cl)c2)C1. The van der Waals surface area contributed by atoms with Gasteiger partial charge in [-0.3, -0.25) is 9.59 Å². The molecule has 1 N–H and O–H groups in total. The van der Waals surface area contributed by atoms with E-state index in [4.69, 9.17) is 11.6 Å². The van der Waals surface area contributed by atoms with E-state index >= 15 is 0 Å². The number of thioether (sulfide) groups is 1. The molecule has 1 atom stereocenters. The summed E-state index contributed by atoms with van der Waals surface area (Å²) in [5.74, 6) is -0.239. The maximum Gasteiger partial charge on any atom is 0.254 e. The Morgan fingerprint density at radius 1 is 1.38 bits per heavy atom. The van der Waals surface area contributed by atoms with Gasteiger partial charge in [0.15, 0.2) is 0 Å². The minimum atomic E-state index is -0.237. The van der Waals surface area contributed by atoms with Gasteiger partial charge in [-0.25, -0.2) is 4.98 Å². The van der Waals surface area contributed by atoms with Crippen molar-refractivity contribution in [3.63, 3.8) is 0 Å². The number of anilines is 1. The van der Waals surface area contributed by atoms with Crippen LogP contribution in [-0.4, -0.2) is 35.6 Å². The van der Waals surface area contributed by atoms with E-state index in [2.05, 4.69) is 10.3 Å². The van der Waals surface area contributed by atoms with Crippen molar-refractivity contribution in [1.29, 1.82) is 0 Å². The van der Waals surface area contributed by atoms with E-state index < -0.39 is 0 Å². The fourth-order valence-corrected chi connectivity index (χ4v) is 3.42. The number of hydrogen-bond donors (Lipinski definition) is 1. The summed E-state index contributed by atoms with van der Waals surface area (Å²) in [4.78, 5) is 30.6. The van der Waals surface area contributed by atoms with Gasteiger partial charge in [0.25, 0.3) is 5.91 Å². The second kappa shape index (κ2) is 7.23. The molecule has 0 aliphatic carbocycles. The van der Waals surface area contributed by atoms with Gasteiger partial charge in [-0.1, -0.05) is 17.7 Å². The van der Waals surface area contributed by atoms with Gasteiger partial charge in [-0.15, -0.1) is 11.8 Å². The molecule has 0 spiro atoms. The molecule has 124 valence electrons. The molecule has 1 fully saturated rings. The van der Waals surface area contributed by atoms with Crippen LogP contribution in [0.5, 0.6) is 0 Å². The highest BCUT2D eigenvalue weighted by Crippen LogP contribution is 2.25. The van der Waals surface area contributed by atoms with Gasteiger partial charge in [0.1, 0.15) is 5.03 Å². The Morgan fingerprint density at radius 3 is 2.96 bits per heavy atom. The highest BCUT2D eigenvalue weighted by Gasteiger charge is 2.32. The lowest BCUT2D eigenvalue weighted by Gasteiger charge is -2.17. The fraction of sp³-hybridized carbons (Fsp3) is 0.235. The number of hydrogen-bond acceptors (Lipinski definition) is 4. The first-order chi connectivity index (χ1) is 11.6. The van der Waals surface area contributed by atoms with Crippen molar-refractivity contribution < 1.29 is 9.59 Å². The monoisotopic (exact) mass is 361 g/mol. The number of amides is 2. The molecule has 1 aromatic carbocycles. The van der Waals surface area contributed by atoms with Crippen molar-refractivity contribution in [3.8, 4) is 0 Å². The Morgan fingerprint density at radius 2 is 2.21 bits per heavy atom. The molecule has 5 nitrogen and oxygen atoms in total. The zero-order valence-corrected chi connectivity index (χ0v) is 14.6. The molecule has 7 heteroatoms. The highest BCUT2D eigenvalue weighted by atomic mass is 35.5. The molecular weight excluding hydrogens is 346 g/mol. The van der Waals surface area contributed by atoms with Crippen molar-refractivity contribution >= 4 is 40.9 Å². The molecule has 2 amide bonds. The molecule has 1 aliphatic rings. The van der Waals surface area contributed by atoms with Crippen molar-refractivity contribution in [2.45, 2.75) is 17.5 Å². The lowest BCUT2D eigenvalue weighted by atomic mass is 10.2. The third-order valence-electron chi connectivity index (χ3n) is 3.79. The second-order valence-corrected chi connectivity index (χ2v) is 6.65. The molecule has 24 heavy (non-hydrogen) atoms. The van der Waals surface area contributed by atoms with E-state index in [-0.39, 0.29) is 24.3 Å². The standard InChI is InChI=1S/C17H16ClN3O2S/c1-24-17-14(6-3-7-19-17)16(23)20-12-9-15(22)21(10-12)13-5-2-4-11(18)8-13/h2-8,12H,9-10H2,1H3,(H,20,23)/t12-/m0/s1. The predicted molar refractivity (Wildman–Crippen MR) is 95.7 cm³/mol. The maximum atomic E-state index is 12.5. The smallest absolute Gasteiger partial charge is 0.254 e. The Balaban J connectivity index is 1.71. The van der Waals surface area contributed by atoms with Gasteiger partial charge in [0.2, 0.25) is 5.91 Å². The van der Waals surface area contributed by atoms with Gasteiger partial charge in [0, 0.05) is 29.9 Å². The van der Waals surface area contributed by atoms with Crippen LogP contribution in [0.3, 0.4) is 0 Å². The number of carbonyl (C=O) groups excluding carboxylic acids is 2. The van der Waals surface area contributed by atoms with E-state index in [9.17, 15) is 9.59 Å². The largest absolute Gasteiger partial charge is 0.347 e. The summed E-state index contributed by atoms with van der Waals surface area (Å²) in [6, 6.07) is 10.4. The van der Waals surface area contributed by atoms with Crippen LogP contribution in [0.4, 0.5) is 5.69 Å². The third kappa shape index (κ3) is 3.55. The maximum absolute atomic E-state index is 12.5. The summed E-state index contributed by atoms with van der Waals surface area (Å²) in [5.41, 5.74) is 1.27. The van der Waals surface area contributed by atoms with Crippen molar-refractivity contribution in [2.24, 2.45) is 0 Å². The van der Waals surface area contributed by atoms with Crippen LogP contribution in [0.15, 0.2) is 47.6 Å². The van der Waals surface area contributed by atoms with E-state index in [1.807, 2.05) is 12.3 Å². The van der Waals surface area contributed by atoms with Gasteiger partial charge < -0.3 is 10.2 Å². The lowest BCUT2D eigenvalue weighted by molar-refractivity contribution is -0.117. The Kier molecular flexibility index (Phi) is 5.06. The molecule has 0 bridgehead atoms. The Bertz CT molecular complexity index is 784. The minimum Gasteiger partial charge on any atom is -0.347 e. The minimum absolute atomic E-state index is 0.0288. The normalized spacial score (nSPS) is 17.2. The molecule has 0 saturated carbocycles. The Labute approximate surface area is 149 Å². The zero-order chi connectivity index (χ0) is 17.1. The molecular formula is C17H16ClN3O2S. The number of nitrogens with zero attached hydrogens (tertiary/aromatic N) is 2. The van der Waals surface area contributed by atoms with Crippen LogP contribution < -0.4 is 10.2 Å². The van der Waals surface area contributed by atoms with Gasteiger partial charge in [-0.05, 0) is 36.6 Å². The number of benzene rings is 1. The first-order valence-corrected chi connectivity index (χ1v) is 9.04. The van der Waals surface area contributed by atoms with Crippen molar-refractivity contribution in [1.82, 2.24) is 10.3 Å². The number of rotatable bonds is 4. The topological polar surface area (TPSA) is 62.3 Å². The van der Waals surface area contributed by atoms with Crippen LogP contribution >= 0.6 is 23.4 Å². The van der Waals surface area contributed by atoms with Crippen LogP contribution in [-0.2, 0) is 4.79 Å². The first kappa shape index (κ1) is 16.8. The molecule has 1 aliphatic heterocycles. The van der Waals surface area contributed by atoms with Gasteiger partial charge >= 0.3 is 0 Å². The zero-order valence-electron chi connectivity index (χ0n) is 13.0. The quantitative estimate of drug-likeness (QED) is 0.850. The predicted octanol–water partition coefficient (Wildman–Crippen LogP) is 2.99. The van der Waals surface area contributed by atoms with Gasteiger partial charge in [-0.2, -0.15) is 0 Å². The van der Waals surface area contributed by atoms with E-state index in [1.165, 1.54) is 11.8 Å². The summed E-state index contributed by atoms with van der Waals surface area (Å²) in [6.45, 7) is 0.430. The summed E-state index contributed by atoms with van der Waals surface area (Å²) in [7, 11) is 0. The van der Waals surface area contributed by atoms with Gasteiger partial charge in [0.05, 0.1) is 11.6 Å². The molecule has 3 rings (SSSR count). The molecule has 0 unspecified atom stereocenters. The van der Waals surface area contributed by atoms with Crippen LogP contribution in [0.2, 0.25) is 5.02 Å². The Hall–Kier alpha value is -2.05. The van der Waals surface area contributed by atoms with E-state index in [0.29, 0.717) is 22.2 Å². The molecule has 1 saturated heterocycles. The number of nitrogens with one attached hydrogen (secondary N) is 1. The van der Waals surface area contributed by atoms with Crippen LogP contribution in [0, 0.1) is 0 Å². The lowest BCUT2D eigenvalue weighted by Crippen LogP contribution is -2.37. The average molecular weight is 362 g/mol. The van der Waals surface area contributed by atoms with E-state index in [1.54, 1.807) is 41.4 Å². The summed E-state index contributed by atoms with van der Waals surface area (Å²) >= 11 is 7.41. The second-order valence-electron chi connectivity index (χ2n) is 5.42. The summed E-state index contributed by atoms with van der Waals surface area (Å²) in [6.07, 6.45) is 3.80. The van der Waals surface area contributed by atoms with E-state index in [0.717, 1.165) is 5.69 Å². The fourth-order valence-electron chi connectivity index (χ4n) is 2.69. The van der Waals surface area contributed by atoms with Crippen LogP contribution in [0.25, 0.3) is 0 Å². The number of halogens is 1. The first-order valence-electron chi connectivity index (χ1n) is 7.44. The average Bonchev–Trinajstić information content (AvgIpc) is 2.95. The number of carbonyl (C=O) groups is 2. The number of pyridine rings is 1. The molecule has 2 heterocycles. The summed E-state index contributed by atoms with van der Waals surface area (Å²) < 4.78 is 0. The summed E-state index contributed by atoms with van der Waals surface area (Å²) in [5, 5.41) is 4.18. The van der Waals surface area contributed by atoms with Crippen molar-refractivity contribution in [3.05, 3.63) is 53.2 Å². The van der Waals surface area contributed by atoms with Crippen molar-refractivity contribution in [2.75, 3.05) is 17.7 Å². The van der Waals surface area contributed by atoms with Crippen LogP contribution in [0.1, 0.15) is 16.8 Å². The number of aromatic nitrogens is 1.